The molecule has 3 rings (SSSR count). The van der Waals surface area contributed by atoms with E-state index in [0.717, 1.165) is 24.2 Å². The first kappa shape index (κ1) is 21.4. The van der Waals surface area contributed by atoms with Crippen LogP contribution in [0.3, 0.4) is 0 Å². The van der Waals surface area contributed by atoms with Gasteiger partial charge in [-0.1, -0.05) is 38.1 Å². The molecule has 0 spiro atoms. The summed E-state index contributed by atoms with van der Waals surface area (Å²) in [7, 11) is -3.09. The van der Waals surface area contributed by atoms with Gasteiger partial charge in [-0.25, -0.2) is 8.42 Å². The molecule has 2 aromatic rings. The summed E-state index contributed by atoms with van der Waals surface area (Å²) in [4.78, 5) is 15.0. The summed E-state index contributed by atoms with van der Waals surface area (Å²) in [6.07, 6.45) is 2.36. The van der Waals surface area contributed by atoms with Gasteiger partial charge in [0.2, 0.25) is 0 Å². The largest absolute Gasteiger partial charge is 0.494 e. The SMILES string of the molecule is CCCOc1ccc(C(=O)N(Cc2ccc(CC)cc2)C2CCS(=O)(=O)C2)cc1. The lowest BCUT2D eigenvalue weighted by Gasteiger charge is -2.28. The van der Waals surface area contributed by atoms with Crippen LogP contribution in [0.4, 0.5) is 0 Å². The number of hydrogen-bond acceptors (Lipinski definition) is 4. The molecule has 2 aromatic carbocycles. The van der Waals surface area contributed by atoms with Crippen molar-refractivity contribution in [2.24, 2.45) is 0 Å². The fourth-order valence-corrected chi connectivity index (χ4v) is 5.28. The van der Waals surface area contributed by atoms with E-state index in [1.165, 1.54) is 5.56 Å². The van der Waals surface area contributed by atoms with Gasteiger partial charge in [-0.05, 0) is 54.7 Å². The molecule has 1 amide bonds. The Morgan fingerprint density at radius 3 is 2.24 bits per heavy atom. The second-order valence-electron chi connectivity index (χ2n) is 7.53. The van der Waals surface area contributed by atoms with E-state index >= 15 is 0 Å². The van der Waals surface area contributed by atoms with Gasteiger partial charge >= 0.3 is 0 Å². The minimum absolute atomic E-state index is 0.0312. The van der Waals surface area contributed by atoms with Crippen LogP contribution in [0.15, 0.2) is 48.5 Å². The number of nitrogens with zero attached hydrogens (tertiary/aromatic N) is 1. The smallest absolute Gasteiger partial charge is 0.254 e. The van der Waals surface area contributed by atoms with Crippen molar-refractivity contribution in [1.29, 1.82) is 0 Å². The molecule has 29 heavy (non-hydrogen) atoms. The van der Waals surface area contributed by atoms with Gasteiger partial charge < -0.3 is 9.64 Å². The molecule has 1 unspecified atom stereocenters. The Kier molecular flexibility index (Phi) is 6.96. The maximum atomic E-state index is 13.3. The molecule has 1 fully saturated rings. The molecule has 0 N–H and O–H groups in total. The monoisotopic (exact) mass is 415 g/mol. The van der Waals surface area contributed by atoms with E-state index in [-0.39, 0.29) is 23.5 Å². The van der Waals surface area contributed by atoms with Gasteiger partial charge in [0.15, 0.2) is 9.84 Å². The van der Waals surface area contributed by atoms with Crippen molar-refractivity contribution < 1.29 is 17.9 Å². The van der Waals surface area contributed by atoms with Crippen LogP contribution in [-0.2, 0) is 22.8 Å². The Hall–Kier alpha value is -2.34. The van der Waals surface area contributed by atoms with Gasteiger partial charge in [-0.3, -0.25) is 4.79 Å². The van der Waals surface area contributed by atoms with E-state index in [1.807, 2.05) is 19.1 Å². The van der Waals surface area contributed by atoms with Crippen molar-refractivity contribution in [3.05, 3.63) is 65.2 Å². The average Bonchev–Trinajstić information content (AvgIpc) is 3.10. The van der Waals surface area contributed by atoms with Crippen molar-refractivity contribution in [2.75, 3.05) is 18.1 Å². The molecule has 156 valence electrons. The van der Waals surface area contributed by atoms with Crippen LogP contribution in [0.5, 0.6) is 5.75 Å². The molecule has 0 aliphatic carbocycles. The van der Waals surface area contributed by atoms with E-state index in [0.29, 0.717) is 25.1 Å². The van der Waals surface area contributed by atoms with E-state index in [1.54, 1.807) is 29.2 Å². The minimum atomic E-state index is -3.09. The maximum Gasteiger partial charge on any atom is 0.254 e. The number of amides is 1. The molecule has 1 aliphatic rings. The summed E-state index contributed by atoms with van der Waals surface area (Å²) < 4.78 is 29.7. The van der Waals surface area contributed by atoms with Crippen LogP contribution in [-0.4, -0.2) is 43.4 Å². The standard InChI is InChI=1S/C23H29NO4S/c1-3-14-28-22-11-9-20(10-12-22)23(25)24(21-13-15-29(26,27)17-21)16-19-7-5-18(4-2)6-8-19/h5-12,21H,3-4,13-17H2,1-2H3. The summed E-state index contributed by atoms with van der Waals surface area (Å²) in [6, 6.07) is 15.0. The Bertz CT molecular complexity index is 920. The number of ether oxygens (including phenoxy) is 1. The molecule has 0 saturated carbocycles. The Morgan fingerprint density at radius 1 is 1.03 bits per heavy atom. The second kappa shape index (κ2) is 9.44. The zero-order valence-corrected chi connectivity index (χ0v) is 18.0. The molecule has 6 heteroatoms. The molecule has 0 bridgehead atoms. The van der Waals surface area contributed by atoms with E-state index in [2.05, 4.69) is 19.1 Å². The molecule has 0 aromatic heterocycles. The average molecular weight is 416 g/mol. The number of sulfone groups is 1. The third kappa shape index (κ3) is 5.60. The highest BCUT2D eigenvalue weighted by atomic mass is 32.2. The number of carbonyl (C=O) groups is 1. The Balaban J connectivity index is 1.82. The third-order valence-corrected chi connectivity index (χ3v) is 7.02. The topological polar surface area (TPSA) is 63.7 Å². The molecule has 1 atom stereocenters. The lowest BCUT2D eigenvalue weighted by atomic mass is 10.1. The first-order chi connectivity index (χ1) is 13.9. The highest BCUT2D eigenvalue weighted by molar-refractivity contribution is 7.91. The molecule has 0 radical (unpaired) electrons. The molecule has 1 heterocycles. The van der Waals surface area contributed by atoms with Crippen molar-refractivity contribution >= 4 is 15.7 Å². The van der Waals surface area contributed by atoms with Gasteiger partial charge in [0.05, 0.1) is 18.1 Å². The predicted octanol–water partition coefficient (Wildman–Crippen LogP) is 3.87. The summed E-state index contributed by atoms with van der Waals surface area (Å²) in [6.45, 7) is 5.17. The second-order valence-corrected chi connectivity index (χ2v) is 9.76. The summed E-state index contributed by atoms with van der Waals surface area (Å²) in [5.41, 5.74) is 2.78. The zero-order valence-electron chi connectivity index (χ0n) is 17.1. The van der Waals surface area contributed by atoms with Gasteiger partial charge in [0.1, 0.15) is 5.75 Å². The fourth-order valence-electron chi connectivity index (χ4n) is 3.54. The highest BCUT2D eigenvalue weighted by Crippen LogP contribution is 2.23. The van der Waals surface area contributed by atoms with Gasteiger partial charge in [-0.2, -0.15) is 0 Å². The van der Waals surface area contributed by atoms with E-state index in [4.69, 9.17) is 4.74 Å². The third-order valence-electron chi connectivity index (χ3n) is 5.27. The number of aryl methyl sites for hydroxylation is 1. The summed E-state index contributed by atoms with van der Waals surface area (Å²) >= 11 is 0. The number of benzene rings is 2. The number of carbonyl (C=O) groups excluding carboxylic acids is 1. The van der Waals surface area contributed by atoms with Crippen LogP contribution in [0.2, 0.25) is 0 Å². The van der Waals surface area contributed by atoms with E-state index in [9.17, 15) is 13.2 Å². The first-order valence-electron chi connectivity index (χ1n) is 10.2. The molecular formula is C23H29NO4S. The summed E-state index contributed by atoms with van der Waals surface area (Å²) in [5, 5.41) is 0. The van der Waals surface area contributed by atoms with Crippen molar-refractivity contribution in [1.82, 2.24) is 4.90 Å². The Morgan fingerprint density at radius 2 is 1.69 bits per heavy atom. The van der Waals surface area contributed by atoms with Crippen molar-refractivity contribution in [2.45, 2.75) is 45.7 Å². The number of rotatable bonds is 8. The van der Waals surface area contributed by atoms with Crippen LogP contribution >= 0.6 is 0 Å². The van der Waals surface area contributed by atoms with E-state index < -0.39 is 9.84 Å². The lowest BCUT2D eigenvalue weighted by Crippen LogP contribution is -2.40. The highest BCUT2D eigenvalue weighted by Gasteiger charge is 2.35. The molecular weight excluding hydrogens is 386 g/mol. The molecule has 1 aliphatic heterocycles. The molecule has 5 nitrogen and oxygen atoms in total. The Labute approximate surface area is 173 Å². The zero-order chi connectivity index (χ0) is 20.9. The van der Waals surface area contributed by atoms with Crippen molar-refractivity contribution in [3.63, 3.8) is 0 Å². The minimum Gasteiger partial charge on any atom is -0.494 e. The first-order valence-corrected chi connectivity index (χ1v) is 12.1. The van der Waals surface area contributed by atoms with Gasteiger partial charge in [0, 0.05) is 18.2 Å². The quantitative estimate of drug-likeness (QED) is 0.657. The molecule has 1 saturated heterocycles. The van der Waals surface area contributed by atoms with Crippen LogP contribution in [0.1, 0.15) is 48.2 Å². The van der Waals surface area contributed by atoms with Crippen LogP contribution < -0.4 is 4.74 Å². The number of hydrogen-bond donors (Lipinski definition) is 0. The predicted molar refractivity (Wildman–Crippen MR) is 115 cm³/mol. The van der Waals surface area contributed by atoms with Gasteiger partial charge in [-0.15, -0.1) is 0 Å². The lowest BCUT2D eigenvalue weighted by molar-refractivity contribution is 0.0681. The van der Waals surface area contributed by atoms with Crippen LogP contribution in [0.25, 0.3) is 0 Å². The summed E-state index contributed by atoms with van der Waals surface area (Å²) in [5.74, 6) is 0.756. The maximum absolute atomic E-state index is 13.3. The van der Waals surface area contributed by atoms with Gasteiger partial charge in [0.25, 0.3) is 5.91 Å². The van der Waals surface area contributed by atoms with Crippen molar-refractivity contribution in [3.8, 4) is 5.75 Å². The van der Waals surface area contributed by atoms with Crippen LogP contribution in [0, 0.1) is 0 Å². The fraction of sp³-hybridized carbons (Fsp3) is 0.435. The normalized spacial score (nSPS) is 17.8.